The molecule has 3 nitrogen and oxygen atoms in total. The van der Waals surface area contributed by atoms with Gasteiger partial charge in [-0.1, -0.05) is 84.6 Å². The SMILES string of the molecule is CCC.CCCC1(CCC)OC(=O)C(C)=C1C(C)=O.CCCc1ccc(C(C)(F)F)cc1. The summed E-state index contributed by atoms with van der Waals surface area (Å²) in [6.45, 7) is 14.5. The van der Waals surface area contributed by atoms with Gasteiger partial charge in [0.05, 0.1) is 0 Å². The van der Waals surface area contributed by atoms with Crippen LogP contribution < -0.4 is 0 Å². The molecule has 0 radical (unpaired) electrons. The third-order valence-corrected chi connectivity index (χ3v) is 5.08. The molecular formula is C27H42F2O3. The maximum Gasteiger partial charge on any atom is 0.335 e. The second-order valence-corrected chi connectivity index (χ2v) is 8.48. The summed E-state index contributed by atoms with van der Waals surface area (Å²) < 4.78 is 31.0. The van der Waals surface area contributed by atoms with Gasteiger partial charge in [-0.25, -0.2) is 13.6 Å². The van der Waals surface area contributed by atoms with E-state index in [1.807, 2.05) is 13.8 Å². The van der Waals surface area contributed by atoms with Gasteiger partial charge in [-0.2, -0.15) is 0 Å². The molecule has 2 rings (SSSR count). The standard InChI is InChI=1S/C13H20O3.C11H14F2.C3H8/c1-5-7-13(8-6-2)11(10(4)14)9(3)12(15)16-13;1-3-4-9-5-7-10(8-6-9)11(2,12)13;1-3-2/h5-8H2,1-4H3;5-8H,3-4H2,1-2H3;3H2,1-2H3. The van der Waals surface area contributed by atoms with E-state index >= 15 is 0 Å². The summed E-state index contributed by atoms with van der Waals surface area (Å²) in [5.74, 6) is -3.08. The Morgan fingerprint density at radius 2 is 1.44 bits per heavy atom. The minimum Gasteiger partial charge on any atom is -0.451 e. The number of hydrogen-bond acceptors (Lipinski definition) is 3. The van der Waals surface area contributed by atoms with E-state index in [-0.39, 0.29) is 17.3 Å². The molecule has 1 aromatic rings. The highest BCUT2D eigenvalue weighted by atomic mass is 19.3. The molecule has 1 aliphatic heterocycles. The van der Waals surface area contributed by atoms with Crippen LogP contribution in [0.2, 0.25) is 0 Å². The van der Waals surface area contributed by atoms with E-state index in [0.717, 1.165) is 51.0 Å². The number of halogens is 2. The lowest BCUT2D eigenvalue weighted by Crippen LogP contribution is -2.34. The van der Waals surface area contributed by atoms with Crippen molar-refractivity contribution in [3.8, 4) is 0 Å². The first kappa shape index (κ1) is 30.0. The first-order valence-corrected chi connectivity index (χ1v) is 11.9. The van der Waals surface area contributed by atoms with Crippen molar-refractivity contribution in [2.24, 2.45) is 0 Å². The predicted molar refractivity (Wildman–Crippen MR) is 128 cm³/mol. The highest BCUT2D eigenvalue weighted by molar-refractivity contribution is 6.07. The van der Waals surface area contributed by atoms with Gasteiger partial charge in [0, 0.05) is 23.6 Å². The van der Waals surface area contributed by atoms with E-state index < -0.39 is 11.5 Å². The van der Waals surface area contributed by atoms with Crippen LogP contribution in [0.1, 0.15) is 105 Å². The molecule has 0 aliphatic carbocycles. The summed E-state index contributed by atoms with van der Waals surface area (Å²) in [6.07, 6.45) is 6.52. The van der Waals surface area contributed by atoms with Gasteiger partial charge in [0.1, 0.15) is 5.60 Å². The molecule has 0 bridgehead atoms. The van der Waals surface area contributed by atoms with Gasteiger partial charge in [0.15, 0.2) is 5.78 Å². The molecule has 1 heterocycles. The molecule has 0 amide bonds. The summed E-state index contributed by atoms with van der Waals surface area (Å²) >= 11 is 0. The number of Topliss-reactive ketones (excluding diaryl/α,β-unsaturated/α-hetero) is 1. The van der Waals surface area contributed by atoms with Gasteiger partial charge in [-0.15, -0.1) is 0 Å². The van der Waals surface area contributed by atoms with Crippen molar-refractivity contribution in [1.82, 2.24) is 0 Å². The fourth-order valence-electron chi connectivity index (χ4n) is 3.87. The molecule has 0 saturated heterocycles. The van der Waals surface area contributed by atoms with Crippen LogP contribution in [-0.2, 0) is 26.7 Å². The van der Waals surface area contributed by atoms with Gasteiger partial charge in [0.2, 0.25) is 0 Å². The topological polar surface area (TPSA) is 43.4 Å². The van der Waals surface area contributed by atoms with Crippen LogP contribution >= 0.6 is 0 Å². The lowest BCUT2D eigenvalue weighted by atomic mass is 9.82. The van der Waals surface area contributed by atoms with Crippen molar-refractivity contribution < 1.29 is 23.1 Å². The van der Waals surface area contributed by atoms with Crippen LogP contribution in [0.4, 0.5) is 8.78 Å². The Morgan fingerprint density at radius 3 is 1.78 bits per heavy atom. The van der Waals surface area contributed by atoms with E-state index in [0.29, 0.717) is 11.1 Å². The predicted octanol–water partition coefficient (Wildman–Crippen LogP) is 7.95. The first-order chi connectivity index (χ1) is 14.9. The third kappa shape index (κ3) is 8.84. The second-order valence-electron chi connectivity index (χ2n) is 8.48. The summed E-state index contributed by atoms with van der Waals surface area (Å²) in [5.41, 5.74) is 1.66. The van der Waals surface area contributed by atoms with Crippen molar-refractivity contribution in [2.45, 2.75) is 112 Å². The Hall–Kier alpha value is -2.04. The van der Waals surface area contributed by atoms with Crippen LogP contribution in [0, 0.1) is 0 Å². The number of benzene rings is 1. The minimum atomic E-state index is -2.72. The number of carbonyl (C=O) groups is 2. The van der Waals surface area contributed by atoms with Crippen LogP contribution in [0.5, 0.6) is 0 Å². The Balaban J connectivity index is 0.000000543. The zero-order valence-electron chi connectivity index (χ0n) is 21.2. The number of ketones is 1. The molecule has 0 unspecified atom stereocenters. The Labute approximate surface area is 193 Å². The highest BCUT2D eigenvalue weighted by Crippen LogP contribution is 2.40. The van der Waals surface area contributed by atoms with Gasteiger partial charge in [-0.05, 0) is 38.7 Å². The van der Waals surface area contributed by atoms with Crippen LogP contribution in [0.25, 0.3) is 0 Å². The van der Waals surface area contributed by atoms with E-state index in [1.54, 1.807) is 19.1 Å². The Bertz CT molecular complexity index is 737. The van der Waals surface area contributed by atoms with Crippen LogP contribution in [0.15, 0.2) is 35.4 Å². The number of hydrogen-bond donors (Lipinski definition) is 0. The minimum absolute atomic E-state index is 0.0368. The number of alkyl halides is 2. The average Bonchev–Trinajstić information content (AvgIpc) is 2.93. The number of ether oxygens (including phenoxy) is 1. The number of rotatable bonds is 8. The number of aryl methyl sites for hydroxylation is 1. The van der Waals surface area contributed by atoms with Crippen LogP contribution in [0.3, 0.4) is 0 Å². The van der Waals surface area contributed by atoms with Crippen molar-refractivity contribution >= 4 is 11.8 Å². The van der Waals surface area contributed by atoms with Crippen molar-refractivity contribution in [3.63, 3.8) is 0 Å². The molecular weight excluding hydrogens is 410 g/mol. The van der Waals surface area contributed by atoms with Gasteiger partial charge in [0.25, 0.3) is 5.92 Å². The normalized spacial score (nSPS) is 14.8. The Kier molecular flexibility index (Phi) is 13.3. The summed E-state index contributed by atoms with van der Waals surface area (Å²) in [6, 6.07) is 6.56. The van der Waals surface area contributed by atoms with E-state index in [4.69, 9.17) is 4.74 Å². The average molecular weight is 453 g/mol. The van der Waals surface area contributed by atoms with Crippen molar-refractivity contribution in [2.75, 3.05) is 0 Å². The van der Waals surface area contributed by atoms with Crippen LogP contribution in [-0.4, -0.2) is 17.4 Å². The third-order valence-electron chi connectivity index (χ3n) is 5.08. The summed E-state index contributed by atoms with van der Waals surface area (Å²) in [4.78, 5) is 23.3. The number of cyclic esters (lactones) is 1. The Morgan fingerprint density at radius 1 is 0.969 bits per heavy atom. The lowest BCUT2D eigenvalue weighted by Gasteiger charge is -2.29. The fourth-order valence-corrected chi connectivity index (χ4v) is 3.87. The molecule has 0 N–H and O–H groups in total. The second kappa shape index (κ2) is 14.2. The molecule has 32 heavy (non-hydrogen) atoms. The van der Waals surface area contributed by atoms with E-state index in [9.17, 15) is 18.4 Å². The molecule has 5 heteroatoms. The zero-order chi connectivity index (χ0) is 24.9. The number of carbonyl (C=O) groups excluding carboxylic acids is 2. The molecule has 0 saturated carbocycles. The quantitative estimate of drug-likeness (QED) is 0.376. The first-order valence-electron chi connectivity index (χ1n) is 11.9. The molecule has 0 atom stereocenters. The van der Waals surface area contributed by atoms with E-state index in [2.05, 4.69) is 20.8 Å². The van der Waals surface area contributed by atoms with Gasteiger partial charge in [-0.3, -0.25) is 4.79 Å². The molecule has 182 valence electrons. The molecule has 1 aromatic carbocycles. The summed E-state index contributed by atoms with van der Waals surface area (Å²) in [5, 5.41) is 0. The maximum atomic E-state index is 12.8. The maximum absolute atomic E-state index is 12.8. The number of esters is 1. The molecule has 1 aliphatic rings. The largest absolute Gasteiger partial charge is 0.451 e. The monoisotopic (exact) mass is 452 g/mol. The van der Waals surface area contributed by atoms with E-state index in [1.165, 1.54) is 25.5 Å². The van der Waals surface area contributed by atoms with Crippen molar-refractivity contribution in [3.05, 3.63) is 46.5 Å². The molecule has 0 spiro atoms. The molecule has 0 fully saturated rings. The van der Waals surface area contributed by atoms with Gasteiger partial charge >= 0.3 is 5.97 Å². The zero-order valence-corrected chi connectivity index (χ0v) is 21.2. The lowest BCUT2D eigenvalue weighted by molar-refractivity contribution is -0.148. The van der Waals surface area contributed by atoms with Gasteiger partial charge < -0.3 is 4.74 Å². The smallest absolute Gasteiger partial charge is 0.335 e. The fraction of sp³-hybridized carbons (Fsp3) is 0.630. The molecule has 0 aromatic heterocycles. The summed E-state index contributed by atoms with van der Waals surface area (Å²) in [7, 11) is 0. The van der Waals surface area contributed by atoms with Crippen molar-refractivity contribution in [1.29, 1.82) is 0 Å². The highest BCUT2D eigenvalue weighted by Gasteiger charge is 2.46.